The summed E-state index contributed by atoms with van der Waals surface area (Å²) in [5, 5.41) is 10.8. The van der Waals surface area contributed by atoms with Gasteiger partial charge in [0.15, 0.2) is 11.9 Å². The number of nitrogens with zero attached hydrogens (tertiary/aromatic N) is 2. The van der Waals surface area contributed by atoms with E-state index in [1.54, 1.807) is 21.9 Å². The van der Waals surface area contributed by atoms with E-state index in [0.717, 1.165) is 5.69 Å². The number of carbonyl (C=O) groups excluding carboxylic acids is 1. The number of halogens is 1. The van der Waals surface area contributed by atoms with Gasteiger partial charge in [-0.15, -0.1) is 6.58 Å². The maximum absolute atomic E-state index is 15.6. The molecule has 1 N–H and O–H groups in total. The van der Waals surface area contributed by atoms with Crippen molar-refractivity contribution in [2.45, 2.75) is 63.6 Å². The smallest absolute Gasteiger partial charge is 0.410 e. The van der Waals surface area contributed by atoms with Crippen LogP contribution in [0.3, 0.4) is 0 Å². The van der Waals surface area contributed by atoms with E-state index in [1.807, 2.05) is 32.9 Å². The number of rotatable bonds is 3. The third kappa shape index (κ3) is 3.68. The Kier molecular flexibility index (Phi) is 5.21. The van der Waals surface area contributed by atoms with E-state index < -0.39 is 17.5 Å². The van der Waals surface area contributed by atoms with Crippen molar-refractivity contribution >= 4 is 11.8 Å². The van der Waals surface area contributed by atoms with Crippen LogP contribution in [0.25, 0.3) is 0 Å². The fourth-order valence-electron chi connectivity index (χ4n) is 4.02. The van der Waals surface area contributed by atoms with Gasteiger partial charge in [0.2, 0.25) is 0 Å². The Labute approximate surface area is 160 Å². The lowest BCUT2D eigenvalue weighted by atomic mass is 9.93. The van der Waals surface area contributed by atoms with Crippen molar-refractivity contribution in [1.82, 2.24) is 4.90 Å². The topological polar surface area (TPSA) is 53.0 Å². The fourth-order valence-corrected chi connectivity index (χ4v) is 4.02. The number of anilines is 1. The average Bonchev–Trinajstić information content (AvgIpc) is 2.82. The Bertz CT molecular complexity index is 710. The molecular weight excluding hydrogens is 347 g/mol. The number of aliphatic hydroxyl groups is 1. The molecule has 6 heteroatoms. The maximum atomic E-state index is 15.6. The Balaban J connectivity index is 1.75. The predicted molar refractivity (Wildman–Crippen MR) is 103 cm³/mol. The van der Waals surface area contributed by atoms with Crippen LogP contribution in [0.1, 0.15) is 45.6 Å². The van der Waals surface area contributed by atoms with Gasteiger partial charge in [0.05, 0.1) is 0 Å². The molecule has 2 aliphatic heterocycles. The second kappa shape index (κ2) is 7.15. The number of hydrogen-bond donors (Lipinski definition) is 1. The van der Waals surface area contributed by atoms with Gasteiger partial charge in [0.25, 0.3) is 0 Å². The number of allylic oxidation sites excluding steroid dienone is 1. The summed E-state index contributed by atoms with van der Waals surface area (Å²) >= 11 is 0. The molecule has 1 saturated heterocycles. The van der Waals surface area contributed by atoms with Crippen molar-refractivity contribution in [3.05, 3.63) is 42.5 Å². The summed E-state index contributed by atoms with van der Waals surface area (Å²) in [5.41, 5.74) is -1.16. The van der Waals surface area contributed by atoms with E-state index in [2.05, 4.69) is 6.58 Å². The zero-order valence-corrected chi connectivity index (χ0v) is 16.3. The molecule has 0 saturated carbocycles. The summed E-state index contributed by atoms with van der Waals surface area (Å²) in [7, 11) is 0. The van der Waals surface area contributed by atoms with Gasteiger partial charge < -0.3 is 19.6 Å². The summed E-state index contributed by atoms with van der Waals surface area (Å²) in [6.45, 7) is 10.2. The molecule has 5 nitrogen and oxygen atoms in total. The lowest BCUT2D eigenvalue weighted by Gasteiger charge is -2.40. The molecule has 2 atom stereocenters. The standard InChI is InChI=1S/C21H29FN2O3/c1-5-12-21(22)16-8-6-7-9-17(16)24(18(21)25)15-10-13-23(14-11-15)19(26)27-20(2,3)4/h5-9,15,18,25H,1,10-14H2,2-4H3. The summed E-state index contributed by atoms with van der Waals surface area (Å²) in [6, 6.07) is 7.19. The van der Waals surface area contributed by atoms with Gasteiger partial charge in [-0.25, -0.2) is 9.18 Å². The molecule has 1 aromatic rings. The van der Waals surface area contributed by atoms with Crippen LogP contribution in [0.5, 0.6) is 0 Å². The first kappa shape index (κ1) is 19.7. The van der Waals surface area contributed by atoms with Crippen LogP contribution in [0.2, 0.25) is 0 Å². The van der Waals surface area contributed by atoms with Crippen molar-refractivity contribution in [3.63, 3.8) is 0 Å². The van der Waals surface area contributed by atoms with E-state index in [0.29, 0.717) is 31.5 Å². The Morgan fingerprint density at radius 3 is 2.59 bits per heavy atom. The van der Waals surface area contributed by atoms with Crippen molar-refractivity contribution < 1.29 is 19.0 Å². The summed E-state index contributed by atoms with van der Waals surface area (Å²) in [5.74, 6) is 0. The first-order valence-corrected chi connectivity index (χ1v) is 9.51. The quantitative estimate of drug-likeness (QED) is 0.811. The minimum atomic E-state index is -1.86. The van der Waals surface area contributed by atoms with Crippen molar-refractivity contribution in [2.75, 3.05) is 18.0 Å². The summed E-state index contributed by atoms with van der Waals surface area (Å²) in [4.78, 5) is 15.7. The second-order valence-corrected chi connectivity index (χ2v) is 8.35. The highest BCUT2D eigenvalue weighted by molar-refractivity contribution is 5.68. The SMILES string of the molecule is C=CCC1(F)c2ccccc2N(C2CCN(C(=O)OC(C)(C)C)CC2)C1O. The first-order chi connectivity index (χ1) is 12.7. The number of para-hydroxylation sites is 1. The number of aliphatic hydroxyl groups excluding tert-OH is 1. The highest BCUT2D eigenvalue weighted by Gasteiger charge is 2.52. The van der Waals surface area contributed by atoms with Gasteiger partial charge in [-0.2, -0.15) is 0 Å². The first-order valence-electron chi connectivity index (χ1n) is 9.51. The molecule has 0 aliphatic carbocycles. The largest absolute Gasteiger partial charge is 0.444 e. The van der Waals surface area contributed by atoms with Gasteiger partial charge >= 0.3 is 6.09 Å². The third-order valence-corrected chi connectivity index (χ3v) is 5.25. The molecule has 148 valence electrons. The number of amides is 1. The number of piperidine rings is 1. The van der Waals surface area contributed by atoms with Crippen LogP contribution in [0, 0.1) is 0 Å². The monoisotopic (exact) mass is 376 g/mol. The van der Waals surface area contributed by atoms with Crippen LogP contribution in [0.15, 0.2) is 36.9 Å². The number of carbonyl (C=O) groups is 1. The van der Waals surface area contributed by atoms with Crippen molar-refractivity contribution in [3.8, 4) is 0 Å². The molecule has 27 heavy (non-hydrogen) atoms. The molecule has 1 aromatic carbocycles. The van der Waals surface area contributed by atoms with Gasteiger partial charge in [0.1, 0.15) is 5.60 Å². The Hall–Kier alpha value is -2.08. The number of ether oxygens (including phenoxy) is 1. The van der Waals surface area contributed by atoms with Crippen LogP contribution >= 0.6 is 0 Å². The van der Waals surface area contributed by atoms with Crippen LogP contribution < -0.4 is 4.90 Å². The van der Waals surface area contributed by atoms with Crippen molar-refractivity contribution in [2.24, 2.45) is 0 Å². The third-order valence-electron chi connectivity index (χ3n) is 5.25. The molecule has 0 spiro atoms. The van der Waals surface area contributed by atoms with Crippen molar-refractivity contribution in [1.29, 1.82) is 0 Å². The predicted octanol–water partition coefficient (Wildman–Crippen LogP) is 3.97. The number of hydrogen-bond acceptors (Lipinski definition) is 4. The number of fused-ring (bicyclic) bond motifs is 1. The molecule has 2 unspecified atom stereocenters. The molecular formula is C21H29FN2O3. The molecule has 0 bridgehead atoms. The minimum Gasteiger partial charge on any atom is -0.444 e. The number of benzene rings is 1. The fraction of sp³-hybridized carbons (Fsp3) is 0.571. The van der Waals surface area contributed by atoms with Crippen LogP contribution in [0.4, 0.5) is 14.9 Å². The Morgan fingerprint density at radius 2 is 2.00 bits per heavy atom. The highest BCUT2D eigenvalue weighted by Crippen LogP contribution is 2.49. The minimum absolute atomic E-state index is 0.0396. The van der Waals surface area contributed by atoms with Crippen LogP contribution in [-0.2, 0) is 10.4 Å². The molecule has 2 heterocycles. The van der Waals surface area contributed by atoms with E-state index in [9.17, 15) is 9.90 Å². The van der Waals surface area contributed by atoms with E-state index in [1.165, 1.54) is 6.08 Å². The molecule has 1 fully saturated rings. The van der Waals surface area contributed by atoms with E-state index >= 15 is 4.39 Å². The van der Waals surface area contributed by atoms with Gasteiger partial charge in [0, 0.05) is 36.8 Å². The van der Waals surface area contributed by atoms with Gasteiger partial charge in [-0.3, -0.25) is 0 Å². The second-order valence-electron chi connectivity index (χ2n) is 8.35. The molecule has 0 aromatic heterocycles. The molecule has 0 radical (unpaired) electrons. The van der Waals surface area contributed by atoms with Crippen LogP contribution in [-0.4, -0.2) is 47.1 Å². The molecule has 2 aliphatic rings. The zero-order chi connectivity index (χ0) is 19.8. The van der Waals surface area contributed by atoms with E-state index in [4.69, 9.17) is 4.74 Å². The summed E-state index contributed by atoms with van der Waals surface area (Å²) < 4.78 is 21.1. The molecule has 3 rings (SSSR count). The number of alkyl halides is 1. The van der Waals surface area contributed by atoms with E-state index in [-0.39, 0.29) is 18.6 Å². The number of likely N-dealkylation sites (tertiary alicyclic amines) is 1. The average molecular weight is 376 g/mol. The van der Waals surface area contributed by atoms with Gasteiger partial charge in [-0.05, 0) is 39.7 Å². The summed E-state index contributed by atoms with van der Waals surface area (Å²) in [6.07, 6.45) is 1.28. The zero-order valence-electron chi connectivity index (χ0n) is 16.3. The lowest BCUT2D eigenvalue weighted by Crippen LogP contribution is -2.52. The highest BCUT2D eigenvalue weighted by atomic mass is 19.1. The Morgan fingerprint density at radius 1 is 1.37 bits per heavy atom. The lowest BCUT2D eigenvalue weighted by molar-refractivity contribution is -0.00904. The maximum Gasteiger partial charge on any atom is 0.410 e. The molecule has 1 amide bonds. The van der Waals surface area contributed by atoms with Gasteiger partial charge in [-0.1, -0.05) is 24.3 Å². The normalized spacial score (nSPS) is 26.0.